The lowest BCUT2D eigenvalue weighted by Gasteiger charge is -2.21. The van der Waals surface area contributed by atoms with Crippen LogP contribution in [0.4, 0.5) is 10.2 Å². The van der Waals surface area contributed by atoms with Crippen LogP contribution in [0.3, 0.4) is 0 Å². The zero-order valence-electron chi connectivity index (χ0n) is 16.0. The number of para-hydroxylation sites is 1. The SMILES string of the molecule is Cc1cc2nc(NC(c3ccc(F)cc3)c3nccn3C)c3ccccc3n2n1. The first-order chi connectivity index (χ1) is 14.1. The molecule has 1 unspecified atom stereocenters. The summed E-state index contributed by atoms with van der Waals surface area (Å²) >= 11 is 0. The molecule has 3 aromatic heterocycles. The number of benzene rings is 2. The van der Waals surface area contributed by atoms with Crippen molar-refractivity contribution in [3.8, 4) is 0 Å². The van der Waals surface area contributed by atoms with Gasteiger partial charge in [0.2, 0.25) is 0 Å². The number of hydrogen-bond donors (Lipinski definition) is 1. The molecule has 5 aromatic rings. The highest BCUT2D eigenvalue weighted by molar-refractivity contribution is 5.91. The standard InChI is InChI=1S/C22H19FN6/c1-14-13-19-25-21(17-5-3-4-6-18(17)29(19)27-14)26-20(22-24-11-12-28(22)2)15-7-9-16(23)10-8-15/h3-13,20H,1-2H3,(H,25,26). The van der Waals surface area contributed by atoms with Gasteiger partial charge in [-0.05, 0) is 36.8 Å². The van der Waals surface area contributed by atoms with Gasteiger partial charge in [-0.25, -0.2) is 18.9 Å². The molecule has 2 aromatic carbocycles. The van der Waals surface area contributed by atoms with E-state index in [0.29, 0.717) is 0 Å². The van der Waals surface area contributed by atoms with Crippen molar-refractivity contribution in [2.45, 2.75) is 13.0 Å². The van der Waals surface area contributed by atoms with Gasteiger partial charge >= 0.3 is 0 Å². The summed E-state index contributed by atoms with van der Waals surface area (Å²) in [4.78, 5) is 9.34. The Morgan fingerprint density at radius 1 is 1.07 bits per heavy atom. The van der Waals surface area contributed by atoms with Crippen molar-refractivity contribution in [2.75, 3.05) is 5.32 Å². The first kappa shape index (κ1) is 17.4. The second-order valence-electron chi connectivity index (χ2n) is 7.06. The molecule has 7 heteroatoms. The van der Waals surface area contributed by atoms with Gasteiger partial charge in [-0.1, -0.05) is 24.3 Å². The van der Waals surface area contributed by atoms with Crippen molar-refractivity contribution in [1.82, 2.24) is 24.1 Å². The quantitative estimate of drug-likeness (QED) is 0.501. The molecular formula is C22H19FN6. The Morgan fingerprint density at radius 3 is 2.62 bits per heavy atom. The molecule has 0 saturated heterocycles. The second-order valence-corrected chi connectivity index (χ2v) is 7.06. The fraction of sp³-hybridized carbons (Fsp3) is 0.136. The van der Waals surface area contributed by atoms with Gasteiger partial charge in [-0.3, -0.25) is 0 Å². The Kier molecular flexibility index (Phi) is 4.01. The minimum absolute atomic E-state index is 0.271. The van der Waals surface area contributed by atoms with Crippen LogP contribution in [-0.4, -0.2) is 24.1 Å². The molecule has 0 amide bonds. The van der Waals surface area contributed by atoms with Crippen LogP contribution in [0, 0.1) is 12.7 Å². The van der Waals surface area contributed by atoms with E-state index in [1.165, 1.54) is 12.1 Å². The van der Waals surface area contributed by atoms with Crippen molar-refractivity contribution in [2.24, 2.45) is 7.05 Å². The molecule has 0 fully saturated rings. The Bertz CT molecular complexity index is 1320. The van der Waals surface area contributed by atoms with Gasteiger partial charge in [-0.2, -0.15) is 5.10 Å². The fourth-order valence-electron chi connectivity index (χ4n) is 3.63. The monoisotopic (exact) mass is 386 g/mol. The van der Waals surface area contributed by atoms with Crippen LogP contribution in [-0.2, 0) is 7.05 Å². The van der Waals surface area contributed by atoms with Crippen molar-refractivity contribution < 1.29 is 4.39 Å². The summed E-state index contributed by atoms with van der Waals surface area (Å²) in [7, 11) is 1.94. The van der Waals surface area contributed by atoms with Crippen molar-refractivity contribution in [3.05, 3.63) is 89.9 Å². The third-order valence-electron chi connectivity index (χ3n) is 5.03. The molecule has 1 N–H and O–H groups in total. The van der Waals surface area contributed by atoms with Crippen molar-refractivity contribution in [3.63, 3.8) is 0 Å². The zero-order valence-corrected chi connectivity index (χ0v) is 16.0. The molecule has 5 rings (SSSR count). The third kappa shape index (κ3) is 3.00. The van der Waals surface area contributed by atoms with Crippen LogP contribution in [0.2, 0.25) is 0 Å². The summed E-state index contributed by atoms with van der Waals surface area (Å²) in [6.07, 6.45) is 3.64. The number of aromatic nitrogens is 5. The predicted octanol–water partition coefficient (Wildman–Crippen LogP) is 4.27. The average Bonchev–Trinajstić information content (AvgIpc) is 3.31. The zero-order chi connectivity index (χ0) is 20.0. The molecule has 0 saturated carbocycles. The van der Waals surface area contributed by atoms with Gasteiger partial charge in [-0.15, -0.1) is 0 Å². The van der Waals surface area contributed by atoms with E-state index in [-0.39, 0.29) is 11.9 Å². The van der Waals surface area contributed by atoms with Crippen LogP contribution >= 0.6 is 0 Å². The number of halogens is 1. The number of nitrogens with zero attached hydrogens (tertiary/aromatic N) is 5. The highest BCUT2D eigenvalue weighted by Crippen LogP contribution is 2.30. The molecule has 144 valence electrons. The van der Waals surface area contributed by atoms with Crippen LogP contribution in [0.25, 0.3) is 16.6 Å². The molecule has 1 atom stereocenters. The molecule has 0 aliphatic rings. The Morgan fingerprint density at radius 2 is 1.86 bits per heavy atom. The molecule has 29 heavy (non-hydrogen) atoms. The van der Waals surface area contributed by atoms with Gasteiger partial charge in [0, 0.05) is 30.9 Å². The van der Waals surface area contributed by atoms with Gasteiger partial charge in [0.1, 0.15) is 23.5 Å². The smallest absolute Gasteiger partial charge is 0.158 e. The Hall–Kier alpha value is -3.74. The number of aryl methyl sites for hydroxylation is 2. The first-order valence-corrected chi connectivity index (χ1v) is 9.34. The van der Waals surface area contributed by atoms with Gasteiger partial charge in [0.05, 0.1) is 11.2 Å². The summed E-state index contributed by atoms with van der Waals surface area (Å²) < 4.78 is 17.3. The van der Waals surface area contributed by atoms with E-state index >= 15 is 0 Å². The van der Waals surface area contributed by atoms with Gasteiger partial charge in [0.25, 0.3) is 0 Å². The molecule has 0 radical (unpaired) electrons. The molecule has 0 bridgehead atoms. The van der Waals surface area contributed by atoms with E-state index in [9.17, 15) is 4.39 Å². The maximum Gasteiger partial charge on any atom is 0.158 e. The molecule has 0 spiro atoms. The van der Waals surface area contributed by atoms with Crippen molar-refractivity contribution in [1.29, 1.82) is 0 Å². The minimum Gasteiger partial charge on any atom is -0.356 e. The summed E-state index contributed by atoms with van der Waals surface area (Å²) in [5.41, 5.74) is 3.53. The number of hydrogen-bond acceptors (Lipinski definition) is 4. The normalized spacial score (nSPS) is 12.5. The first-order valence-electron chi connectivity index (χ1n) is 9.34. The van der Waals surface area contributed by atoms with E-state index in [2.05, 4.69) is 15.4 Å². The van der Waals surface area contributed by atoms with E-state index in [1.54, 1.807) is 18.3 Å². The van der Waals surface area contributed by atoms with E-state index in [1.807, 2.05) is 59.6 Å². The van der Waals surface area contributed by atoms with Crippen molar-refractivity contribution >= 4 is 22.4 Å². The van der Waals surface area contributed by atoms with Gasteiger partial charge < -0.3 is 9.88 Å². The number of imidazole rings is 1. The average molecular weight is 386 g/mol. The van der Waals surface area contributed by atoms with E-state index < -0.39 is 0 Å². The molecule has 3 heterocycles. The number of rotatable bonds is 4. The third-order valence-corrected chi connectivity index (χ3v) is 5.03. The largest absolute Gasteiger partial charge is 0.356 e. The Balaban J connectivity index is 1.69. The number of nitrogens with one attached hydrogen (secondary N) is 1. The van der Waals surface area contributed by atoms with Crippen LogP contribution in [0.15, 0.2) is 67.0 Å². The highest BCUT2D eigenvalue weighted by Gasteiger charge is 2.21. The lowest BCUT2D eigenvalue weighted by Crippen LogP contribution is -2.18. The summed E-state index contributed by atoms with van der Waals surface area (Å²) in [6, 6.07) is 16.1. The van der Waals surface area contributed by atoms with Gasteiger partial charge in [0.15, 0.2) is 5.65 Å². The summed E-state index contributed by atoms with van der Waals surface area (Å²) in [6.45, 7) is 1.95. The minimum atomic E-state index is -0.294. The van der Waals surface area contributed by atoms with Crippen LogP contribution in [0.1, 0.15) is 23.1 Å². The van der Waals surface area contributed by atoms with Crippen LogP contribution in [0.5, 0.6) is 0 Å². The summed E-state index contributed by atoms with van der Waals surface area (Å²) in [5.74, 6) is 1.27. The highest BCUT2D eigenvalue weighted by atomic mass is 19.1. The lowest BCUT2D eigenvalue weighted by atomic mass is 10.1. The summed E-state index contributed by atoms with van der Waals surface area (Å²) in [5, 5.41) is 9.05. The van der Waals surface area contributed by atoms with E-state index in [0.717, 1.165) is 39.4 Å². The van der Waals surface area contributed by atoms with E-state index in [4.69, 9.17) is 4.98 Å². The maximum atomic E-state index is 13.5. The fourth-order valence-corrected chi connectivity index (χ4v) is 3.63. The molecular weight excluding hydrogens is 367 g/mol. The Labute approximate surface area is 166 Å². The molecule has 0 aliphatic carbocycles. The van der Waals surface area contributed by atoms with Crippen LogP contribution < -0.4 is 5.32 Å². The number of anilines is 1. The molecule has 6 nitrogen and oxygen atoms in total. The maximum absolute atomic E-state index is 13.5. The lowest BCUT2D eigenvalue weighted by molar-refractivity contribution is 0.626. The molecule has 0 aliphatic heterocycles. The topological polar surface area (TPSA) is 60.0 Å². The number of fused-ring (bicyclic) bond motifs is 3. The predicted molar refractivity (Wildman–Crippen MR) is 110 cm³/mol. The second kappa shape index (κ2) is 6.70.